The fourth-order valence-corrected chi connectivity index (χ4v) is 3.62. The Morgan fingerprint density at radius 2 is 1.90 bits per heavy atom. The van der Waals surface area contributed by atoms with Gasteiger partial charge in [-0.05, 0) is 48.7 Å². The van der Waals surface area contributed by atoms with Gasteiger partial charge in [0.05, 0.1) is 19.3 Å². The summed E-state index contributed by atoms with van der Waals surface area (Å²) >= 11 is 6.33. The highest BCUT2D eigenvalue weighted by Gasteiger charge is 2.33. The Labute approximate surface area is 175 Å². The molecule has 1 N–H and O–H groups in total. The number of ether oxygens (including phenoxy) is 1. The summed E-state index contributed by atoms with van der Waals surface area (Å²) in [7, 11) is 1.60. The lowest BCUT2D eigenvalue weighted by molar-refractivity contribution is 0.204. The fraction of sp³-hybridized carbons (Fsp3) is 0.261. The number of hydrogen-bond acceptors (Lipinski definition) is 2. The molecule has 0 aliphatic heterocycles. The minimum Gasteiger partial charge on any atom is -0.495 e. The second-order valence-electron chi connectivity index (χ2n) is 7.21. The summed E-state index contributed by atoms with van der Waals surface area (Å²) in [5.74, 6) is 0.652. The Kier molecular flexibility index (Phi) is 5.76. The molecule has 4 rings (SSSR count). The van der Waals surface area contributed by atoms with Crippen LogP contribution in [0.5, 0.6) is 5.75 Å². The first-order chi connectivity index (χ1) is 14.2. The lowest BCUT2D eigenvalue weighted by atomic mass is 10.2. The van der Waals surface area contributed by atoms with Gasteiger partial charge >= 0.3 is 6.03 Å². The van der Waals surface area contributed by atoms with Crippen LogP contribution in [0.15, 0.2) is 66.9 Å². The van der Waals surface area contributed by atoms with E-state index >= 15 is 0 Å². The summed E-state index contributed by atoms with van der Waals surface area (Å²) in [4.78, 5) is 14.9. The summed E-state index contributed by atoms with van der Waals surface area (Å²) in [6.45, 7) is 1.22. The summed E-state index contributed by atoms with van der Waals surface area (Å²) in [5.41, 5.74) is 2.81. The third kappa shape index (κ3) is 4.57. The maximum atomic E-state index is 13.0. The Morgan fingerprint density at radius 3 is 2.66 bits per heavy atom. The fourth-order valence-electron chi connectivity index (χ4n) is 3.42. The normalized spacial score (nSPS) is 13.2. The van der Waals surface area contributed by atoms with E-state index in [1.165, 1.54) is 0 Å². The number of carbonyl (C=O) groups excluding carboxylic acids is 1. The van der Waals surface area contributed by atoms with Gasteiger partial charge in [0.1, 0.15) is 5.75 Å². The molecule has 0 atom stereocenters. The number of anilines is 1. The van der Waals surface area contributed by atoms with Gasteiger partial charge in [-0.15, -0.1) is 0 Å². The minimum absolute atomic E-state index is 0.109. The number of amides is 2. The van der Waals surface area contributed by atoms with Gasteiger partial charge in [0.2, 0.25) is 0 Å². The number of carbonyl (C=O) groups is 1. The number of urea groups is 1. The van der Waals surface area contributed by atoms with Gasteiger partial charge in [0.25, 0.3) is 0 Å². The molecule has 5 nitrogen and oxygen atoms in total. The number of nitrogens with one attached hydrogen (secondary N) is 1. The van der Waals surface area contributed by atoms with Crippen LogP contribution in [-0.4, -0.2) is 28.6 Å². The van der Waals surface area contributed by atoms with E-state index in [1.54, 1.807) is 7.11 Å². The molecule has 1 fully saturated rings. The minimum atomic E-state index is -0.109. The summed E-state index contributed by atoms with van der Waals surface area (Å²) < 4.78 is 7.50. The van der Waals surface area contributed by atoms with Crippen LogP contribution in [0.25, 0.3) is 0 Å². The number of rotatable bonds is 7. The topological polar surface area (TPSA) is 46.5 Å². The number of benzene rings is 2. The van der Waals surface area contributed by atoms with Crippen LogP contribution in [0, 0.1) is 0 Å². The van der Waals surface area contributed by atoms with E-state index in [0.717, 1.165) is 29.1 Å². The smallest absolute Gasteiger partial charge is 0.322 e. The number of halogens is 1. The Hall–Kier alpha value is -2.92. The Bertz CT molecular complexity index is 997. The van der Waals surface area contributed by atoms with Crippen LogP contribution in [0.1, 0.15) is 24.1 Å². The van der Waals surface area contributed by atoms with Crippen LogP contribution in [0.4, 0.5) is 10.5 Å². The molecule has 0 radical (unpaired) electrons. The average Bonchev–Trinajstić information content (AvgIpc) is 3.48. The van der Waals surface area contributed by atoms with Crippen molar-refractivity contribution < 1.29 is 9.53 Å². The van der Waals surface area contributed by atoms with Crippen molar-refractivity contribution >= 4 is 23.3 Å². The molecule has 0 bridgehead atoms. The lowest BCUT2D eigenvalue weighted by Gasteiger charge is -2.24. The van der Waals surface area contributed by atoms with Crippen molar-refractivity contribution in [1.82, 2.24) is 9.47 Å². The molecule has 1 saturated carbocycles. The van der Waals surface area contributed by atoms with Gasteiger partial charge in [-0.1, -0.05) is 41.9 Å². The third-order valence-corrected chi connectivity index (χ3v) is 5.52. The maximum Gasteiger partial charge on any atom is 0.322 e. The number of nitrogens with zero attached hydrogens (tertiary/aromatic N) is 2. The first kappa shape index (κ1) is 19.4. The van der Waals surface area contributed by atoms with E-state index in [0.29, 0.717) is 24.5 Å². The predicted molar refractivity (Wildman–Crippen MR) is 116 cm³/mol. The van der Waals surface area contributed by atoms with Crippen molar-refractivity contribution in [3.05, 3.63) is 83.1 Å². The van der Waals surface area contributed by atoms with Gasteiger partial charge in [-0.3, -0.25) is 0 Å². The van der Waals surface area contributed by atoms with E-state index in [9.17, 15) is 4.79 Å². The van der Waals surface area contributed by atoms with Gasteiger partial charge in [-0.2, -0.15) is 0 Å². The van der Waals surface area contributed by atoms with Gasteiger partial charge in [0.15, 0.2) is 0 Å². The van der Waals surface area contributed by atoms with Crippen molar-refractivity contribution in [3.63, 3.8) is 0 Å². The summed E-state index contributed by atoms with van der Waals surface area (Å²) in [6.07, 6.45) is 4.09. The van der Waals surface area contributed by atoms with Crippen LogP contribution < -0.4 is 10.1 Å². The molecular weight excluding hydrogens is 386 g/mol. The van der Waals surface area contributed by atoms with Gasteiger partial charge in [-0.25, -0.2) is 4.79 Å². The summed E-state index contributed by atoms with van der Waals surface area (Å²) in [5, 5.41) is 3.76. The average molecular weight is 410 g/mol. The van der Waals surface area contributed by atoms with Crippen molar-refractivity contribution in [3.8, 4) is 5.75 Å². The molecule has 0 unspecified atom stereocenters. The van der Waals surface area contributed by atoms with Crippen LogP contribution in [0.3, 0.4) is 0 Å². The molecule has 150 valence electrons. The molecule has 2 aromatic carbocycles. The molecule has 1 aromatic heterocycles. The zero-order chi connectivity index (χ0) is 20.2. The number of methoxy groups -OCH3 is 1. The monoisotopic (exact) mass is 409 g/mol. The quantitative estimate of drug-likeness (QED) is 0.568. The third-order valence-electron chi connectivity index (χ3n) is 5.15. The second-order valence-corrected chi connectivity index (χ2v) is 7.62. The highest BCUT2D eigenvalue weighted by molar-refractivity contribution is 6.31. The van der Waals surface area contributed by atoms with Gasteiger partial charge in [0, 0.05) is 29.5 Å². The molecular formula is C23H24ClN3O2. The van der Waals surface area contributed by atoms with Crippen molar-refractivity contribution in [2.24, 2.45) is 0 Å². The molecule has 1 aliphatic rings. The highest BCUT2D eigenvalue weighted by atomic mass is 35.5. The van der Waals surface area contributed by atoms with E-state index in [-0.39, 0.29) is 12.1 Å². The first-order valence-electron chi connectivity index (χ1n) is 9.74. The van der Waals surface area contributed by atoms with Gasteiger partial charge < -0.3 is 19.5 Å². The predicted octanol–water partition coefficient (Wildman–Crippen LogP) is 5.39. The molecule has 0 saturated heterocycles. The Morgan fingerprint density at radius 1 is 1.14 bits per heavy atom. The number of para-hydroxylation sites is 2. The zero-order valence-corrected chi connectivity index (χ0v) is 17.1. The van der Waals surface area contributed by atoms with Crippen molar-refractivity contribution in [1.29, 1.82) is 0 Å². The van der Waals surface area contributed by atoms with E-state index in [4.69, 9.17) is 16.3 Å². The summed E-state index contributed by atoms with van der Waals surface area (Å²) in [6, 6.07) is 19.5. The van der Waals surface area contributed by atoms with Crippen molar-refractivity contribution in [2.75, 3.05) is 12.4 Å². The molecule has 29 heavy (non-hydrogen) atoms. The molecule has 2 amide bonds. The highest BCUT2D eigenvalue weighted by Crippen LogP contribution is 2.31. The maximum absolute atomic E-state index is 13.0. The van der Waals surface area contributed by atoms with E-state index in [2.05, 4.69) is 16.0 Å². The molecule has 0 spiro atoms. The lowest BCUT2D eigenvalue weighted by Crippen LogP contribution is -2.37. The standard InChI is InChI=1S/C23H24ClN3O2/c1-29-22-11-5-4-10-21(22)25-23(28)27(18-12-13-18)16-19-8-6-14-26(19)15-17-7-2-3-9-20(17)24/h2-11,14,18H,12-13,15-16H2,1H3,(H,25,28). The Balaban J connectivity index is 1.50. The largest absolute Gasteiger partial charge is 0.495 e. The molecule has 3 aromatic rings. The second kappa shape index (κ2) is 8.62. The molecule has 1 heterocycles. The zero-order valence-electron chi connectivity index (χ0n) is 16.3. The van der Waals surface area contributed by atoms with E-state index in [1.807, 2.05) is 65.7 Å². The molecule has 1 aliphatic carbocycles. The van der Waals surface area contributed by atoms with E-state index < -0.39 is 0 Å². The van der Waals surface area contributed by atoms with Crippen LogP contribution in [-0.2, 0) is 13.1 Å². The SMILES string of the molecule is COc1ccccc1NC(=O)N(Cc1cccn1Cc1ccccc1Cl)C1CC1. The first-order valence-corrected chi connectivity index (χ1v) is 10.1. The van der Waals surface area contributed by atoms with Crippen LogP contribution in [0.2, 0.25) is 5.02 Å². The number of hydrogen-bond donors (Lipinski definition) is 1. The van der Waals surface area contributed by atoms with Crippen molar-refractivity contribution in [2.45, 2.75) is 32.0 Å². The molecule has 6 heteroatoms. The number of aromatic nitrogens is 1. The van der Waals surface area contributed by atoms with Crippen LogP contribution >= 0.6 is 11.6 Å².